The van der Waals surface area contributed by atoms with Gasteiger partial charge in [-0.25, -0.2) is 0 Å². The highest BCUT2D eigenvalue weighted by molar-refractivity contribution is 5.97. The molecule has 2 aromatic carbocycles. The number of benzene rings is 2. The van der Waals surface area contributed by atoms with Gasteiger partial charge in [-0.2, -0.15) is 13.2 Å². The lowest BCUT2D eigenvalue weighted by atomic mass is 9.72. The molecule has 2 aromatic rings. The highest BCUT2D eigenvalue weighted by Gasteiger charge is 2.54. The molecule has 0 spiro atoms. The normalized spacial score (nSPS) is 15.8. The zero-order valence-electron chi connectivity index (χ0n) is 22.9. The number of allylic oxidation sites excluding steroid dienone is 7. The predicted molar refractivity (Wildman–Crippen MR) is 156 cm³/mol. The van der Waals surface area contributed by atoms with E-state index >= 15 is 0 Å². The minimum absolute atomic E-state index is 0.0883. The van der Waals surface area contributed by atoms with Crippen LogP contribution in [-0.2, 0) is 0 Å². The van der Waals surface area contributed by atoms with Gasteiger partial charge in [0.25, 0.3) is 11.8 Å². The van der Waals surface area contributed by atoms with Gasteiger partial charge in [-0.05, 0) is 80.0 Å². The molecule has 11 heteroatoms. The molecule has 1 unspecified atom stereocenters. The second-order valence-electron chi connectivity index (χ2n) is 9.60. The number of halogens is 3. The number of aliphatic hydroxyl groups is 2. The summed E-state index contributed by atoms with van der Waals surface area (Å²) in [7, 11) is 0. The molecule has 1 atom stereocenters. The summed E-state index contributed by atoms with van der Waals surface area (Å²) in [5, 5.41) is 25.6. The smallest absolute Gasteiger partial charge is 0.401 e. The van der Waals surface area contributed by atoms with Crippen molar-refractivity contribution < 1.29 is 33.0 Å². The van der Waals surface area contributed by atoms with Crippen molar-refractivity contribution in [2.75, 3.05) is 11.5 Å². The Morgan fingerprint density at radius 3 is 2.07 bits per heavy atom. The van der Waals surface area contributed by atoms with Crippen molar-refractivity contribution in [3.63, 3.8) is 0 Å². The van der Waals surface area contributed by atoms with E-state index in [1.807, 2.05) is 0 Å². The number of carbonyl (C=O) groups is 2. The van der Waals surface area contributed by atoms with Crippen molar-refractivity contribution in [3.05, 3.63) is 131 Å². The van der Waals surface area contributed by atoms with Gasteiger partial charge in [-0.1, -0.05) is 36.9 Å². The van der Waals surface area contributed by atoms with E-state index in [2.05, 4.69) is 17.2 Å². The Morgan fingerprint density at radius 2 is 1.57 bits per heavy atom. The van der Waals surface area contributed by atoms with Crippen molar-refractivity contribution in [1.29, 1.82) is 0 Å². The Labute approximate surface area is 240 Å². The molecule has 42 heavy (non-hydrogen) atoms. The summed E-state index contributed by atoms with van der Waals surface area (Å²) in [6.07, 6.45) is 0.440. The van der Waals surface area contributed by atoms with Gasteiger partial charge >= 0.3 is 6.18 Å². The van der Waals surface area contributed by atoms with E-state index in [1.165, 1.54) is 49.4 Å². The van der Waals surface area contributed by atoms with Crippen LogP contribution in [0.1, 0.15) is 41.0 Å². The van der Waals surface area contributed by atoms with Crippen molar-refractivity contribution >= 4 is 23.2 Å². The number of hydrogen-bond acceptors (Lipinski definition) is 6. The minimum Gasteiger partial charge on any atom is -0.506 e. The maximum atomic E-state index is 14.9. The Bertz CT molecular complexity index is 1570. The number of carbonyl (C=O) groups excluding carboxylic acids is 2. The number of alkyl halides is 3. The third kappa shape index (κ3) is 6.92. The highest BCUT2D eigenvalue weighted by atomic mass is 19.4. The zero-order valence-corrected chi connectivity index (χ0v) is 22.9. The van der Waals surface area contributed by atoms with Gasteiger partial charge in [0.05, 0.1) is 11.4 Å². The van der Waals surface area contributed by atoms with Crippen LogP contribution in [0.3, 0.4) is 0 Å². The molecule has 2 amide bonds. The van der Waals surface area contributed by atoms with Gasteiger partial charge in [0.1, 0.15) is 16.9 Å². The fraction of sp³-hybridized carbons (Fsp3) is 0.161. The molecule has 0 aromatic heterocycles. The molecule has 1 aliphatic rings. The summed E-state index contributed by atoms with van der Waals surface area (Å²) >= 11 is 0. The first-order valence-electron chi connectivity index (χ1n) is 12.7. The van der Waals surface area contributed by atoms with Crippen molar-refractivity contribution in [2.45, 2.75) is 26.4 Å². The van der Waals surface area contributed by atoms with E-state index in [1.54, 1.807) is 18.2 Å². The molecule has 8 N–H and O–H groups in total. The van der Waals surface area contributed by atoms with Crippen LogP contribution in [0.25, 0.3) is 0 Å². The van der Waals surface area contributed by atoms with E-state index in [-0.39, 0.29) is 40.1 Å². The van der Waals surface area contributed by atoms with Gasteiger partial charge in [-0.3, -0.25) is 9.59 Å². The van der Waals surface area contributed by atoms with Crippen molar-refractivity contribution in [2.24, 2.45) is 5.41 Å². The summed E-state index contributed by atoms with van der Waals surface area (Å²) in [4.78, 5) is 25.4. The van der Waals surface area contributed by atoms with E-state index in [0.29, 0.717) is 11.4 Å². The van der Waals surface area contributed by atoms with Crippen LogP contribution in [0.5, 0.6) is 0 Å². The maximum absolute atomic E-state index is 14.9. The Kier molecular flexibility index (Phi) is 9.36. The number of anilines is 2. The van der Waals surface area contributed by atoms with Gasteiger partial charge in [0, 0.05) is 22.5 Å². The number of nitrogens with one attached hydrogen (secondary N) is 2. The lowest BCUT2D eigenvalue weighted by Crippen LogP contribution is -2.39. The second kappa shape index (κ2) is 12.5. The molecule has 0 saturated heterocycles. The molecule has 0 bridgehead atoms. The van der Waals surface area contributed by atoms with E-state index in [4.69, 9.17) is 11.5 Å². The lowest BCUT2D eigenvalue weighted by molar-refractivity contribution is -0.190. The summed E-state index contributed by atoms with van der Waals surface area (Å²) in [6.45, 7) is 5.70. The van der Waals surface area contributed by atoms with Crippen LogP contribution in [0.2, 0.25) is 0 Å². The summed E-state index contributed by atoms with van der Waals surface area (Å²) < 4.78 is 44.6. The van der Waals surface area contributed by atoms with Crippen LogP contribution in [0.4, 0.5) is 24.5 Å². The molecular weight excluding hydrogens is 549 g/mol. The van der Waals surface area contributed by atoms with Crippen LogP contribution in [0.15, 0.2) is 120 Å². The van der Waals surface area contributed by atoms with E-state index in [0.717, 1.165) is 25.2 Å². The zero-order chi connectivity index (χ0) is 31.2. The predicted octanol–water partition coefficient (Wildman–Crippen LogP) is 6.14. The molecule has 3 rings (SSSR count). The monoisotopic (exact) mass is 580 g/mol. The minimum atomic E-state index is -4.87. The number of aliphatic hydroxyl groups excluding tert-OH is 2. The average molecular weight is 581 g/mol. The molecule has 0 heterocycles. The first-order chi connectivity index (χ1) is 19.7. The third-order valence-electron chi connectivity index (χ3n) is 6.75. The Morgan fingerprint density at radius 1 is 1.00 bits per heavy atom. The summed E-state index contributed by atoms with van der Waals surface area (Å²) in [5.74, 6) is -2.47. The number of nitrogen functional groups attached to an aromatic ring is 2. The van der Waals surface area contributed by atoms with Crippen molar-refractivity contribution in [3.8, 4) is 0 Å². The van der Waals surface area contributed by atoms with Crippen LogP contribution in [-0.4, -0.2) is 28.2 Å². The van der Waals surface area contributed by atoms with Gasteiger partial charge < -0.3 is 32.3 Å². The summed E-state index contributed by atoms with van der Waals surface area (Å²) in [6, 6.07) is 12.0. The van der Waals surface area contributed by atoms with Crippen LogP contribution >= 0.6 is 0 Å². The number of nitrogens with two attached hydrogens (primary N) is 2. The third-order valence-corrected chi connectivity index (χ3v) is 6.75. The molecule has 1 aliphatic carbocycles. The fourth-order valence-corrected chi connectivity index (χ4v) is 4.28. The topological polar surface area (TPSA) is 151 Å². The van der Waals surface area contributed by atoms with Crippen LogP contribution < -0.4 is 22.1 Å². The molecule has 220 valence electrons. The Balaban J connectivity index is 1.98. The van der Waals surface area contributed by atoms with Gasteiger partial charge in [-0.15, -0.1) is 0 Å². The van der Waals surface area contributed by atoms with Gasteiger partial charge in [0.2, 0.25) is 0 Å². The van der Waals surface area contributed by atoms with E-state index < -0.39 is 34.9 Å². The molecule has 0 saturated carbocycles. The summed E-state index contributed by atoms with van der Waals surface area (Å²) in [5.41, 5.74) is 8.75. The number of amides is 2. The number of rotatable bonds is 8. The SMILES string of the molecule is C=C(O)/C(=C\C(=C/C)C(C)(C1=CC=C(O)C(NC(=O)c2cccc(N)c2)=CC1)C(F)(F)F)NC(=O)c1cccc(N)c1. The maximum Gasteiger partial charge on any atom is 0.401 e. The largest absolute Gasteiger partial charge is 0.506 e. The fourth-order valence-electron chi connectivity index (χ4n) is 4.28. The quantitative estimate of drug-likeness (QED) is 0.125. The molecular formula is C31H31F3N4O4. The first-order valence-corrected chi connectivity index (χ1v) is 12.7. The Hall–Kier alpha value is -5.19. The molecule has 8 nitrogen and oxygen atoms in total. The first kappa shape index (κ1) is 31.3. The standard InChI is InChI=1S/C31H31F3N4O4/c1-4-21(17-26(18(2)39)38-29(42)20-8-6-10-24(36)16-20)30(3,31(32,33)34)22-11-13-25(27(40)14-12-22)37-28(41)19-7-5-9-23(35)15-19/h4-10,12-17,39-40H,2,11,35-36H2,1,3H3,(H,37,41)(H,38,42)/b21-4+,26-17+. The van der Waals surface area contributed by atoms with E-state index in [9.17, 15) is 33.0 Å². The molecule has 0 aliphatic heterocycles. The second-order valence-corrected chi connectivity index (χ2v) is 9.60. The molecule has 0 fully saturated rings. The van der Waals surface area contributed by atoms with Gasteiger partial charge in [0.15, 0.2) is 0 Å². The average Bonchev–Trinajstić information content (AvgIpc) is 3.11. The van der Waals surface area contributed by atoms with Crippen molar-refractivity contribution in [1.82, 2.24) is 10.6 Å². The van der Waals surface area contributed by atoms with Crippen LogP contribution in [0, 0.1) is 5.41 Å². The number of hydrogen-bond donors (Lipinski definition) is 6. The molecule has 0 radical (unpaired) electrons. The lowest BCUT2D eigenvalue weighted by Gasteiger charge is -2.36. The highest BCUT2D eigenvalue weighted by Crippen LogP contribution is 2.51.